The fourth-order valence-electron chi connectivity index (χ4n) is 2.08. The lowest BCUT2D eigenvalue weighted by atomic mass is 10.1. The monoisotopic (exact) mass is 257 g/mol. The molecule has 2 aromatic rings. The third kappa shape index (κ3) is 3.09. The molecule has 19 heavy (non-hydrogen) atoms. The molecule has 0 aliphatic heterocycles. The molecule has 1 aromatic carbocycles. The highest BCUT2D eigenvalue weighted by Crippen LogP contribution is 2.15. The van der Waals surface area contributed by atoms with Gasteiger partial charge in [-0.05, 0) is 44.2 Å². The second-order valence-electron chi connectivity index (χ2n) is 4.44. The van der Waals surface area contributed by atoms with Crippen molar-refractivity contribution in [1.82, 2.24) is 9.88 Å². The van der Waals surface area contributed by atoms with Gasteiger partial charge in [0.15, 0.2) is 0 Å². The number of nitrogens with two attached hydrogens (primary N) is 1. The molecule has 0 aliphatic carbocycles. The lowest BCUT2D eigenvalue weighted by Gasteiger charge is -2.20. The molecule has 0 aliphatic rings. The van der Waals surface area contributed by atoms with Gasteiger partial charge in [0.2, 0.25) is 0 Å². The predicted molar refractivity (Wildman–Crippen MR) is 77.0 cm³/mol. The summed E-state index contributed by atoms with van der Waals surface area (Å²) in [7, 11) is 0. The SMILES string of the molecule is CCN(CCCN)C(=O)c1ccc2ncccc2c1. The van der Waals surface area contributed by atoms with Gasteiger partial charge in [-0.2, -0.15) is 0 Å². The van der Waals surface area contributed by atoms with Gasteiger partial charge >= 0.3 is 0 Å². The van der Waals surface area contributed by atoms with E-state index in [4.69, 9.17) is 5.73 Å². The Kier molecular flexibility index (Phi) is 4.47. The molecule has 1 aromatic heterocycles. The van der Waals surface area contributed by atoms with Crippen molar-refractivity contribution < 1.29 is 4.79 Å². The molecule has 4 heteroatoms. The van der Waals surface area contributed by atoms with Crippen molar-refractivity contribution in [3.63, 3.8) is 0 Å². The van der Waals surface area contributed by atoms with Gasteiger partial charge in [0.25, 0.3) is 5.91 Å². The van der Waals surface area contributed by atoms with E-state index in [1.54, 1.807) is 6.20 Å². The Labute approximate surface area is 113 Å². The van der Waals surface area contributed by atoms with Crippen LogP contribution in [0.2, 0.25) is 0 Å². The van der Waals surface area contributed by atoms with Gasteiger partial charge in [0, 0.05) is 30.2 Å². The molecule has 0 saturated carbocycles. The highest BCUT2D eigenvalue weighted by molar-refractivity contribution is 5.97. The van der Waals surface area contributed by atoms with Gasteiger partial charge in [-0.1, -0.05) is 6.07 Å². The summed E-state index contributed by atoms with van der Waals surface area (Å²) in [5.74, 6) is 0.0571. The highest BCUT2D eigenvalue weighted by Gasteiger charge is 2.13. The minimum Gasteiger partial charge on any atom is -0.339 e. The summed E-state index contributed by atoms with van der Waals surface area (Å²) >= 11 is 0. The van der Waals surface area contributed by atoms with Crippen molar-refractivity contribution in [3.8, 4) is 0 Å². The van der Waals surface area contributed by atoms with Gasteiger partial charge in [0.05, 0.1) is 5.52 Å². The number of hydrogen-bond acceptors (Lipinski definition) is 3. The molecule has 0 spiro atoms. The number of pyridine rings is 1. The van der Waals surface area contributed by atoms with Crippen LogP contribution in [0.15, 0.2) is 36.5 Å². The van der Waals surface area contributed by atoms with Crippen LogP contribution in [0.4, 0.5) is 0 Å². The Morgan fingerprint density at radius 2 is 2.21 bits per heavy atom. The second kappa shape index (κ2) is 6.29. The third-order valence-electron chi connectivity index (χ3n) is 3.15. The predicted octanol–water partition coefficient (Wildman–Crippen LogP) is 2.05. The number of amides is 1. The summed E-state index contributed by atoms with van der Waals surface area (Å²) in [6, 6.07) is 9.47. The molecule has 0 fully saturated rings. The first-order valence-electron chi connectivity index (χ1n) is 6.60. The van der Waals surface area contributed by atoms with Crippen LogP contribution < -0.4 is 5.73 Å². The molecule has 2 N–H and O–H groups in total. The first kappa shape index (κ1) is 13.5. The molecule has 0 bridgehead atoms. The van der Waals surface area contributed by atoms with Crippen molar-refractivity contribution in [2.45, 2.75) is 13.3 Å². The van der Waals surface area contributed by atoms with E-state index in [9.17, 15) is 4.79 Å². The largest absolute Gasteiger partial charge is 0.339 e. The maximum absolute atomic E-state index is 12.4. The summed E-state index contributed by atoms with van der Waals surface area (Å²) in [4.78, 5) is 18.5. The Bertz CT molecular complexity index is 568. The van der Waals surface area contributed by atoms with Crippen LogP contribution in [0.1, 0.15) is 23.7 Å². The molecule has 4 nitrogen and oxygen atoms in total. The summed E-state index contributed by atoms with van der Waals surface area (Å²) < 4.78 is 0. The maximum atomic E-state index is 12.4. The van der Waals surface area contributed by atoms with Gasteiger partial charge < -0.3 is 10.6 Å². The molecule has 1 heterocycles. The van der Waals surface area contributed by atoms with E-state index in [-0.39, 0.29) is 5.91 Å². The molecule has 100 valence electrons. The first-order valence-corrected chi connectivity index (χ1v) is 6.60. The summed E-state index contributed by atoms with van der Waals surface area (Å²) in [5, 5.41) is 0.989. The number of carbonyl (C=O) groups excluding carboxylic acids is 1. The molecule has 0 saturated heterocycles. The van der Waals surface area contributed by atoms with Crippen LogP contribution in [0.25, 0.3) is 10.9 Å². The van der Waals surface area contributed by atoms with Gasteiger partial charge in [-0.3, -0.25) is 9.78 Å². The molecule has 0 radical (unpaired) electrons. The Balaban J connectivity index is 2.24. The average Bonchev–Trinajstić information content (AvgIpc) is 2.47. The normalized spacial score (nSPS) is 10.6. The Hall–Kier alpha value is -1.94. The minimum absolute atomic E-state index is 0.0571. The van der Waals surface area contributed by atoms with Crippen LogP contribution in [-0.4, -0.2) is 35.4 Å². The standard InChI is InChI=1S/C15H19N3O/c1-2-18(10-4-8-16)15(19)13-6-7-14-12(11-13)5-3-9-17-14/h3,5-7,9,11H,2,4,8,10,16H2,1H3. The van der Waals surface area contributed by atoms with Gasteiger partial charge in [-0.15, -0.1) is 0 Å². The fourth-order valence-corrected chi connectivity index (χ4v) is 2.08. The molecular weight excluding hydrogens is 238 g/mol. The van der Waals surface area contributed by atoms with Crippen molar-refractivity contribution in [3.05, 3.63) is 42.1 Å². The Morgan fingerprint density at radius 3 is 2.95 bits per heavy atom. The van der Waals surface area contributed by atoms with Crippen molar-refractivity contribution in [1.29, 1.82) is 0 Å². The maximum Gasteiger partial charge on any atom is 0.253 e. The van der Waals surface area contributed by atoms with E-state index in [0.29, 0.717) is 25.2 Å². The quantitative estimate of drug-likeness (QED) is 0.891. The van der Waals surface area contributed by atoms with Crippen LogP contribution in [0.5, 0.6) is 0 Å². The van der Waals surface area contributed by atoms with Crippen LogP contribution in [0.3, 0.4) is 0 Å². The lowest BCUT2D eigenvalue weighted by molar-refractivity contribution is 0.0764. The highest BCUT2D eigenvalue weighted by atomic mass is 16.2. The van der Waals surface area contributed by atoms with E-state index in [1.807, 2.05) is 42.2 Å². The number of aromatic nitrogens is 1. The summed E-state index contributed by atoms with van der Waals surface area (Å²) in [6.45, 7) is 3.99. The number of carbonyl (C=O) groups is 1. The molecule has 2 rings (SSSR count). The zero-order chi connectivity index (χ0) is 13.7. The van der Waals surface area contributed by atoms with Gasteiger partial charge in [0.1, 0.15) is 0 Å². The second-order valence-corrected chi connectivity index (χ2v) is 4.44. The van der Waals surface area contributed by atoms with Gasteiger partial charge in [-0.25, -0.2) is 0 Å². The third-order valence-corrected chi connectivity index (χ3v) is 3.15. The molecule has 0 unspecified atom stereocenters. The number of nitrogens with zero attached hydrogens (tertiary/aromatic N) is 2. The minimum atomic E-state index is 0.0571. The zero-order valence-electron chi connectivity index (χ0n) is 11.2. The number of rotatable bonds is 5. The van der Waals surface area contributed by atoms with Crippen molar-refractivity contribution >= 4 is 16.8 Å². The van der Waals surface area contributed by atoms with E-state index in [1.165, 1.54) is 0 Å². The summed E-state index contributed by atoms with van der Waals surface area (Å²) in [6.07, 6.45) is 2.58. The van der Waals surface area contributed by atoms with E-state index >= 15 is 0 Å². The van der Waals surface area contributed by atoms with Crippen molar-refractivity contribution in [2.75, 3.05) is 19.6 Å². The topological polar surface area (TPSA) is 59.2 Å². The number of benzene rings is 1. The molecule has 1 amide bonds. The van der Waals surface area contributed by atoms with E-state index in [2.05, 4.69) is 4.98 Å². The fraction of sp³-hybridized carbons (Fsp3) is 0.333. The van der Waals surface area contributed by atoms with E-state index < -0.39 is 0 Å². The number of hydrogen-bond donors (Lipinski definition) is 1. The van der Waals surface area contributed by atoms with Crippen molar-refractivity contribution in [2.24, 2.45) is 5.73 Å². The first-order chi connectivity index (χ1) is 9.26. The Morgan fingerprint density at radius 1 is 1.37 bits per heavy atom. The van der Waals surface area contributed by atoms with Crippen LogP contribution in [0, 0.1) is 0 Å². The van der Waals surface area contributed by atoms with E-state index in [0.717, 1.165) is 17.3 Å². The lowest BCUT2D eigenvalue weighted by Crippen LogP contribution is -2.32. The average molecular weight is 257 g/mol. The smallest absolute Gasteiger partial charge is 0.253 e. The van der Waals surface area contributed by atoms with Crippen LogP contribution in [-0.2, 0) is 0 Å². The van der Waals surface area contributed by atoms with Crippen LogP contribution >= 0.6 is 0 Å². The number of fused-ring (bicyclic) bond motifs is 1. The molecular formula is C15H19N3O. The zero-order valence-corrected chi connectivity index (χ0v) is 11.2. The summed E-state index contributed by atoms with van der Waals surface area (Å²) in [5.41, 5.74) is 7.11. The molecule has 0 atom stereocenters.